The molecule has 0 spiro atoms. The third-order valence-corrected chi connectivity index (χ3v) is 4.37. The number of nitrogens with zero attached hydrogens (tertiary/aromatic N) is 2. The van der Waals surface area contributed by atoms with Gasteiger partial charge in [0.25, 0.3) is 0 Å². The average molecular weight is 388 g/mol. The molecule has 0 radical (unpaired) electrons. The molecule has 2 aromatic heterocycles. The van der Waals surface area contributed by atoms with Crippen molar-refractivity contribution in [3.63, 3.8) is 0 Å². The SMILES string of the molecule is C=Cc1c(CC)nc(-c2ccc(Cl)c(OC)c2F)nc1NCc1ccco1. The first-order valence-corrected chi connectivity index (χ1v) is 8.78. The van der Waals surface area contributed by atoms with Crippen molar-refractivity contribution in [3.8, 4) is 17.1 Å². The summed E-state index contributed by atoms with van der Waals surface area (Å²) >= 11 is 5.99. The van der Waals surface area contributed by atoms with Gasteiger partial charge in [-0.05, 0) is 30.7 Å². The molecule has 5 nitrogen and oxygen atoms in total. The molecule has 0 fully saturated rings. The minimum absolute atomic E-state index is 0.0336. The van der Waals surface area contributed by atoms with Crippen molar-refractivity contribution >= 4 is 23.5 Å². The van der Waals surface area contributed by atoms with Crippen LogP contribution < -0.4 is 10.1 Å². The number of hydrogen-bond acceptors (Lipinski definition) is 5. The van der Waals surface area contributed by atoms with Crippen molar-refractivity contribution in [1.82, 2.24) is 9.97 Å². The molecule has 2 heterocycles. The zero-order valence-electron chi connectivity index (χ0n) is 15.1. The van der Waals surface area contributed by atoms with E-state index in [-0.39, 0.29) is 22.2 Å². The molecule has 0 atom stereocenters. The molecule has 7 heteroatoms. The van der Waals surface area contributed by atoms with Crippen molar-refractivity contribution < 1.29 is 13.5 Å². The van der Waals surface area contributed by atoms with Gasteiger partial charge < -0.3 is 14.5 Å². The highest BCUT2D eigenvalue weighted by molar-refractivity contribution is 6.32. The summed E-state index contributed by atoms with van der Waals surface area (Å²) in [6.07, 6.45) is 3.92. The van der Waals surface area contributed by atoms with Crippen molar-refractivity contribution in [3.05, 3.63) is 65.0 Å². The van der Waals surface area contributed by atoms with Gasteiger partial charge in [0.2, 0.25) is 0 Å². The second kappa shape index (κ2) is 8.22. The first-order chi connectivity index (χ1) is 13.1. The van der Waals surface area contributed by atoms with Gasteiger partial charge in [-0.25, -0.2) is 14.4 Å². The zero-order valence-corrected chi connectivity index (χ0v) is 15.8. The second-order valence-electron chi connectivity index (χ2n) is 5.69. The summed E-state index contributed by atoms with van der Waals surface area (Å²) < 4.78 is 25.2. The van der Waals surface area contributed by atoms with Crippen LogP contribution in [0.1, 0.15) is 23.9 Å². The van der Waals surface area contributed by atoms with E-state index in [1.165, 1.54) is 7.11 Å². The van der Waals surface area contributed by atoms with Gasteiger partial charge in [-0.3, -0.25) is 0 Å². The van der Waals surface area contributed by atoms with Crippen LogP contribution in [0, 0.1) is 5.82 Å². The Morgan fingerprint density at radius 3 is 2.78 bits per heavy atom. The summed E-state index contributed by atoms with van der Waals surface area (Å²) in [7, 11) is 1.36. The summed E-state index contributed by atoms with van der Waals surface area (Å²) in [6.45, 7) is 6.25. The van der Waals surface area contributed by atoms with Crippen LogP contribution in [0.5, 0.6) is 5.75 Å². The first kappa shape index (κ1) is 18.9. The van der Waals surface area contributed by atoms with Crippen molar-refractivity contribution in [2.24, 2.45) is 0 Å². The van der Waals surface area contributed by atoms with Gasteiger partial charge in [0, 0.05) is 5.56 Å². The Labute approximate surface area is 161 Å². The minimum Gasteiger partial charge on any atom is -0.492 e. The fourth-order valence-corrected chi connectivity index (χ4v) is 2.95. The molecule has 1 aromatic carbocycles. The Morgan fingerprint density at radius 1 is 1.33 bits per heavy atom. The number of benzene rings is 1. The van der Waals surface area contributed by atoms with Crippen LogP contribution in [0.3, 0.4) is 0 Å². The normalized spacial score (nSPS) is 10.7. The predicted molar refractivity (Wildman–Crippen MR) is 104 cm³/mol. The molecule has 3 rings (SSSR count). The van der Waals surface area contributed by atoms with Crippen LogP contribution in [0.2, 0.25) is 5.02 Å². The van der Waals surface area contributed by atoms with E-state index in [1.807, 2.05) is 19.1 Å². The number of rotatable bonds is 7. The van der Waals surface area contributed by atoms with Gasteiger partial charge in [-0.2, -0.15) is 0 Å². The van der Waals surface area contributed by atoms with Gasteiger partial charge in [-0.1, -0.05) is 31.2 Å². The number of methoxy groups -OCH3 is 1. The molecule has 0 amide bonds. The highest BCUT2D eigenvalue weighted by Gasteiger charge is 2.19. The maximum absolute atomic E-state index is 14.8. The molecule has 0 saturated carbocycles. The molecule has 0 aliphatic heterocycles. The molecule has 3 aromatic rings. The molecule has 27 heavy (non-hydrogen) atoms. The fraction of sp³-hybridized carbons (Fsp3) is 0.200. The quantitative estimate of drug-likeness (QED) is 0.591. The molecular formula is C20H19ClFN3O2. The van der Waals surface area contributed by atoms with Crippen molar-refractivity contribution in [1.29, 1.82) is 0 Å². The highest BCUT2D eigenvalue weighted by atomic mass is 35.5. The summed E-state index contributed by atoms with van der Waals surface area (Å²) in [5, 5.41) is 3.40. The summed E-state index contributed by atoms with van der Waals surface area (Å²) in [6, 6.07) is 6.76. The van der Waals surface area contributed by atoms with E-state index >= 15 is 0 Å². The van der Waals surface area contributed by atoms with Gasteiger partial charge in [0.05, 0.1) is 36.2 Å². The maximum Gasteiger partial charge on any atom is 0.177 e. The maximum atomic E-state index is 14.8. The van der Waals surface area contributed by atoms with Gasteiger partial charge in [0.1, 0.15) is 11.6 Å². The van der Waals surface area contributed by atoms with Gasteiger partial charge in [-0.15, -0.1) is 0 Å². The van der Waals surface area contributed by atoms with Gasteiger partial charge in [0.15, 0.2) is 17.4 Å². The highest BCUT2D eigenvalue weighted by Crippen LogP contribution is 2.34. The van der Waals surface area contributed by atoms with E-state index in [9.17, 15) is 4.39 Å². The second-order valence-corrected chi connectivity index (χ2v) is 6.10. The molecule has 0 aliphatic carbocycles. The smallest absolute Gasteiger partial charge is 0.177 e. The topological polar surface area (TPSA) is 60.2 Å². The lowest BCUT2D eigenvalue weighted by Crippen LogP contribution is -2.08. The van der Waals surface area contributed by atoms with E-state index in [4.69, 9.17) is 20.8 Å². The fourth-order valence-electron chi connectivity index (χ4n) is 2.73. The number of hydrogen-bond donors (Lipinski definition) is 1. The third kappa shape index (κ3) is 3.80. The Kier molecular flexibility index (Phi) is 5.76. The van der Waals surface area contributed by atoms with Crippen LogP contribution in [-0.2, 0) is 13.0 Å². The van der Waals surface area contributed by atoms with Gasteiger partial charge >= 0.3 is 0 Å². The Bertz CT molecular complexity index is 958. The molecular weight excluding hydrogens is 369 g/mol. The van der Waals surface area contributed by atoms with Crippen LogP contribution in [0.15, 0.2) is 41.5 Å². The number of anilines is 1. The van der Waals surface area contributed by atoms with Crippen LogP contribution in [0.25, 0.3) is 17.5 Å². The molecule has 0 saturated heterocycles. The lowest BCUT2D eigenvalue weighted by Gasteiger charge is -2.14. The summed E-state index contributed by atoms with van der Waals surface area (Å²) in [5.74, 6) is 0.912. The van der Waals surface area contributed by atoms with Crippen LogP contribution in [-0.4, -0.2) is 17.1 Å². The molecule has 140 valence electrons. The lowest BCUT2D eigenvalue weighted by atomic mass is 10.1. The summed E-state index contributed by atoms with van der Waals surface area (Å²) in [5.41, 5.74) is 1.74. The lowest BCUT2D eigenvalue weighted by molar-refractivity contribution is 0.387. The monoisotopic (exact) mass is 387 g/mol. The Hall–Kier alpha value is -2.86. The Balaban J connectivity index is 2.08. The van der Waals surface area contributed by atoms with Crippen molar-refractivity contribution in [2.75, 3.05) is 12.4 Å². The third-order valence-electron chi connectivity index (χ3n) is 4.07. The number of ether oxygens (including phenoxy) is 1. The minimum atomic E-state index is -0.601. The number of aryl methyl sites for hydroxylation is 1. The molecule has 1 N–H and O–H groups in total. The first-order valence-electron chi connectivity index (χ1n) is 8.41. The number of halogens is 2. The van der Waals surface area contributed by atoms with Crippen LogP contribution >= 0.6 is 11.6 Å². The van der Waals surface area contributed by atoms with Crippen LogP contribution in [0.4, 0.5) is 10.2 Å². The van der Waals surface area contributed by atoms with E-state index < -0.39 is 5.82 Å². The predicted octanol–water partition coefficient (Wildman–Crippen LogP) is 5.36. The number of nitrogens with one attached hydrogen (secondary N) is 1. The van der Waals surface area contributed by atoms with E-state index in [0.29, 0.717) is 18.8 Å². The van der Waals surface area contributed by atoms with E-state index in [1.54, 1.807) is 24.5 Å². The summed E-state index contributed by atoms with van der Waals surface area (Å²) in [4.78, 5) is 9.03. The number of furan rings is 1. The average Bonchev–Trinajstić information content (AvgIpc) is 3.19. The standard InChI is InChI=1S/C20H19ClFN3O2/c1-4-13-16(5-2)24-20(14-8-9-15(21)18(26-3)17(14)22)25-19(13)23-11-12-7-6-10-27-12/h4,6-10H,1,5,11H2,2-3H3,(H,23,24,25). The number of aromatic nitrogens is 2. The molecule has 0 unspecified atom stereocenters. The Morgan fingerprint density at radius 2 is 2.15 bits per heavy atom. The van der Waals surface area contributed by atoms with Crippen molar-refractivity contribution in [2.45, 2.75) is 19.9 Å². The zero-order chi connectivity index (χ0) is 19.4. The molecule has 0 aliphatic rings. The largest absolute Gasteiger partial charge is 0.492 e. The van der Waals surface area contributed by atoms with E-state index in [2.05, 4.69) is 21.9 Å². The van der Waals surface area contributed by atoms with E-state index in [0.717, 1.165) is 17.0 Å². The molecule has 0 bridgehead atoms.